The van der Waals surface area contributed by atoms with Gasteiger partial charge in [0.2, 0.25) is 5.28 Å². The molecule has 8 heteroatoms. The molecule has 2 saturated carbocycles. The zero-order valence-electron chi connectivity index (χ0n) is 23.4. The molecule has 0 bridgehead atoms. The molecule has 212 valence electrons. The van der Waals surface area contributed by atoms with E-state index in [1.807, 2.05) is 12.2 Å². The number of rotatable bonds is 9. The number of nitrogens with zero attached hydrogens (tertiary/aromatic N) is 5. The maximum absolute atomic E-state index is 6.46. The number of fused-ring (bicyclic) bond motifs is 1. The third-order valence-corrected chi connectivity index (χ3v) is 10.7. The van der Waals surface area contributed by atoms with Crippen LogP contribution >= 0.6 is 22.9 Å². The molecule has 0 amide bonds. The molecule has 1 aliphatic heterocycles. The number of hydrogen-bond donors (Lipinski definition) is 1. The van der Waals surface area contributed by atoms with E-state index >= 15 is 0 Å². The second-order valence-electron chi connectivity index (χ2n) is 12.0. The predicted octanol–water partition coefficient (Wildman–Crippen LogP) is 7.87. The molecule has 1 saturated heterocycles. The molecule has 3 fully saturated rings. The lowest BCUT2D eigenvalue weighted by Gasteiger charge is -2.36. The Balaban J connectivity index is 1.20. The van der Waals surface area contributed by atoms with Crippen molar-refractivity contribution in [1.29, 1.82) is 0 Å². The van der Waals surface area contributed by atoms with Gasteiger partial charge in [0.1, 0.15) is 16.5 Å². The number of nitrogen functional groups attached to an aromatic ring is 1. The van der Waals surface area contributed by atoms with Crippen molar-refractivity contribution in [3.8, 4) is 10.6 Å². The van der Waals surface area contributed by atoms with Crippen LogP contribution in [0.3, 0.4) is 0 Å². The van der Waals surface area contributed by atoms with Crippen molar-refractivity contribution in [3.63, 3.8) is 0 Å². The summed E-state index contributed by atoms with van der Waals surface area (Å²) in [6, 6.07) is 0.394. The van der Waals surface area contributed by atoms with Gasteiger partial charge in [0, 0.05) is 36.1 Å². The fourth-order valence-corrected chi connectivity index (χ4v) is 8.50. The van der Waals surface area contributed by atoms with Crippen molar-refractivity contribution in [2.24, 2.45) is 17.8 Å². The van der Waals surface area contributed by atoms with E-state index in [9.17, 15) is 0 Å². The number of thiazole rings is 1. The molecule has 0 radical (unpaired) electrons. The monoisotopic (exact) mass is 576 g/mol. The van der Waals surface area contributed by atoms with Gasteiger partial charge in [-0.25, -0.2) is 9.97 Å². The molecule has 4 heterocycles. The minimum absolute atomic E-state index is 0.199. The van der Waals surface area contributed by atoms with Crippen LogP contribution in [-0.2, 0) is 6.42 Å². The van der Waals surface area contributed by atoms with Crippen molar-refractivity contribution in [2.75, 3.05) is 25.4 Å². The Kier molecular flexibility index (Phi) is 8.42. The summed E-state index contributed by atoms with van der Waals surface area (Å²) >= 11 is 7.96. The lowest BCUT2D eigenvalue weighted by molar-refractivity contribution is 0.131. The molecule has 0 spiro atoms. The highest BCUT2D eigenvalue weighted by atomic mass is 35.5. The summed E-state index contributed by atoms with van der Waals surface area (Å²) in [6.07, 6.45) is 20.6. The topological polar surface area (TPSA) is 72.9 Å². The molecule has 2 N–H and O–H groups in total. The summed E-state index contributed by atoms with van der Waals surface area (Å²) in [6.45, 7) is 11.6. The fraction of sp³-hybridized carbons (Fsp3) is 0.531. The lowest BCUT2D eigenvalue weighted by atomic mass is 9.83. The Morgan fingerprint density at radius 2 is 1.85 bits per heavy atom. The summed E-state index contributed by atoms with van der Waals surface area (Å²) in [4.78, 5) is 16.7. The summed E-state index contributed by atoms with van der Waals surface area (Å²) in [5.74, 6) is 2.97. The van der Waals surface area contributed by atoms with Crippen LogP contribution in [0.15, 0.2) is 48.5 Å². The first-order valence-electron chi connectivity index (χ1n) is 15.0. The molecule has 3 aliphatic rings. The van der Waals surface area contributed by atoms with Crippen LogP contribution in [0.1, 0.15) is 69.5 Å². The van der Waals surface area contributed by atoms with Gasteiger partial charge in [-0.2, -0.15) is 4.98 Å². The van der Waals surface area contributed by atoms with Crippen LogP contribution in [0.4, 0.5) is 5.82 Å². The van der Waals surface area contributed by atoms with Gasteiger partial charge in [-0.1, -0.05) is 44.2 Å². The predicted molar refractivity (Wildman–Crippen MR) is 168 cm³/mol. The van der Waals surface area contributed by atoms with Crippen LogP contribution in [0.25, 0.3) is 21.6 Å². The van der Waals surface area contributed by atoms with Crippen molar-refractivity contribution < 1.29 is 0 Å². The van der Waals surface area contributed by atoms with Crippen LogP contribution in [0.5, 0.6) is 0 Å². The van der Waals surface area contributed by atoms with E-state index < -0.39 is 0 Å². The van der Waals surface area contributed by atoms with Gasteiger partial charge in [-0.3, -0.25) is 0 Å². The average Bonchev–Trinajstić information content (AvgIpc) is 3.75. The maximum Gasteiger partial charge on any atom is 0.226 e. The molecule has 2 unspecified atom stereocenters. The van der Waals surface area contributed by atoms with Gasteiger partial charge in [0.15, 0.2) is 0 Å². The molecule has 3 aromatic heterocycles. The van der Waals surface area contributed by atoms with Crippen molar-refractivity contribution in [2.45, 2.75) is 70.3 Å². The van der Waals surface area contributed by atoms with Gasteiger partial charge >= 0.3 is 0 Å². The maximum atomic E-state index is 6.46. The fourth-order valence-electron chi connectivity index (χ4n) is 7.50. The third kappa shape index (κ3) is 5.79. The SMILES string of the molecule is C=C/C=C(\C=C)Cc1csc(-c2cn(C3CCC(C4CCN(CC5CCCC5)CC4)C3)c3nc(Cl)nc(N)c23)n1. The average molecular weight is 577 g/mol. The Morgan fingerprint density at radius 3 is 2.60 bits per heavy atom. The van der Waals surface area contributed by atoms with Gasteiger partial charge in [0.25, 0.3) is 0 Å². The lowest BCUT2D eigenvalue weighted by Crippen LogP contribution is -2.38. The van der Waals surface area contributed by atoms with Crippen molar-refractivity contribution in [3.05, 3.63) is 59.5 Å². The Labute approximate surface area is 247 Å². The molecule has 6 rings (SSSR count). The first-order valence-corrected chi connectivity index (χ1v) is 16.2. The standard InChI is InChI=1S/C32H41ClN6S/c1-3-7-21(4-2)16-25-20-40-31(35-25)27-19-39(30-28(27)29(34)36-32(33)37-30)26-11-10-24(17-26)23-12-14-38(15-13-23)18-22-8-5-6-9-22/h3-4,7,19-20,22-24,26H,1-2,5-6,8-18H2,(H2,34,36,37)/b21-7+. The van der Waals surface area contributed by atoms with Crippen molar-refractivity contribution >= 4 is 39.8 Å². The van der Waals surface area contributed by atoms with E-state index in [1.165, 1.54) is 71.0 Å². The number of aromatic nitrogens is 4. The molecule has 6 nitrogen and oxygen atoms in total. The normalized spacial score (nSPS) is 23.4. The highest BCUT2D eigenvalue weighted by Crippen LogP contribution is 2.45. The smallest absolute Gasteiger partial charge is 0.226 e. The van der Waals surface area contributed by atoms with E-state index in [4.69, 9.17) is 27.3 Å². The number of nitrogens with two attached hydrogens (primary N) is 1. The van der Waals surface area contributed by atoms with Crippen LogP contribution < -0.4 is 5.73 Å². The van der Waals surface area contributed by atoms with Crippen LogP contribution in [0, 0.1) is 17.8 Å². The van der Waals surface area contributed by atoms with E-state index in [0.29, 0.717) is 18.3 Å². The minimum atomic E-state index is 0.199. The molecular formula is C32H41ClN6S. The van der Waals surface area contributed by atoms with Crippen molar-refractivity contribution in [1.82, 2.24) is 24.4 Å². The Bertz CT molecular complexity index is 1390. The van der Waals surface area contributed by atoms with E-state index in [1.54, 1.807) is 17.4 Å². The Hall–Kier alpha value is -2.48. The zero-order chi connectivity index (χ0) is 27.6. The summed E-state index contributed by atoms with van der Waals surface area (Å²) in [5.41, 5.74) is 10.4. The second kappa shape index (κ2) is 12.2. The van der Waals surface area contributed by atoms with Gasteiger partial charge in [0.05, 0.1) is 11.1 Å². The number of allylic oxidation sites excluding steroid dienone is 4. The highest BCUT2D eigenvalue weighted by molar-refractivity contribution is 7.13. The molecule has 40 heavy (non-hydrogen) atoms. The number of anilines is 1. The molecular weight excluding hydrogens is 536 g/mol. The number of piperidine rings is 1. The zero-order valence-corrected chi connectivity index (χ0v) is 25.0. The van der Waals surface area contributed by atoms with E-state index in [-0.39, 0.29) is 5.28 Å². The first kappa shape index (κ1) is 27.7. The van der Waals surface area contributed by atoms with Crippen LogP contribution in [0.2, 0.25) is 5.28 Å². The summed E-state index contributed by atoms with van der Waals surface area (Å²) in [7, 11) is 0. The molecule has 3 aromatic rings. The molecule has 2 aliphatic carbocycles. The van der Waals surface area contributed by atoms with Gasteiger partial charge in [-0.15, -0.1) is 11.3 Å². The second-order valence-corrected chi connectivity index (χ2v) is 13.2. The summed E-state index contributed by atoms with van der Waals surface area (Å²) < 4.78 is 2.33. The van der Waals surface area contributed by atoms with E-state index in [2.05, 4.69) is 39.2 Å². The largest absolute Gasteiger partial charge is 0.383 e. The number of hydrogen-bond acceptors (Lipinski definition) is 6. The minimum Gasteiger partial charge on any atom is -0.383 e. The number of likely N-dealkylation sites (tertiary alicyclic amines) is 1. The number of halogens is 1. The van der Waals surface area contributed by atoms with E-state index in [0.717, 1.165) is 57.0 Å². The van der Waals surface area contributed by atoms with Crippen LogP contribution in [-0.4, -0.2) is 44.1 Å². The summed E-state index contributed by atoms with van der Waals surface area (Å²) in [5, 5.41) is 4.10. The quantitative estimate of drug-likeness (QED) is 0.207. The highest BCUT2D eigenvalue weighted by Gasteiger charge is 2.35. The van der Waals surface area contributed by atoms with Gasteiger partial charge in [-0.05, 0) is 93.0 Å². The molecule has 2 atom stereocenters. The first-order chi connectivity index (χ1) is 19.5. The van der Waals surface area contributed by atoms with Gasteiger partial charge < -0.3 is 15.2 Å². The molecule has 0 aromatic carbocycles. The third-order valence-electron chi connectivity index (χ3n) is 9.56. The Morgan fingerprint density at radius 1 is 1.05 bits per heavy atom.